The largest absolute Gasteiger partial charge is 0.369 e. The van der Waals surface area contributed by atoms with Crippen LogP contribution in [0.1, 0.15) is 25.3 Å². The highest BCUT2D eigenvalue weighted by Gasteiger charge is 2.18. The van der Waals surface area contributed by atoms with Gasteiger partial charge in [-0.3, -0.25) is 14.9 Å². The van der Waals surface area contributed by atoms with E-state index in [9.17, 15) is 0 Å². The van der Waals surface area contributed by atoms with Crippen molar-refractivity contribution in [2.75, 3.05) is 37.6 Å². The van der Waals surface area contributed by atoms with E-state index in [1.165, 1.54) is 49.3 Å². The van der Waals surface area contributed by atoms with Crippen LogP contribution in [0, 0.1) is 6.92 Å². The Kier molecular flexibility index (Phi) is 5.35. The fourth-order valence-corrected chi connectivity index (χ4v) is 3.98. The summed E-state index contributed by atoms with van der Waals surface area (Å²) in [6.45, 7) is 10.3. The van der Waals surface area contributed by atoms with E-state index in [2.05, 4.69) is 57.9 Å². The summed E-state index contributed by atoms with van der Waals surface area (Å²) in [5.74, 6) is 0. The minimum absolute atomic E-state index is 0.944. The molecule has 4 rings (SSSR count). The van der Waals surface area contributed by atoms with Crippen LogP contribution in [0.4, 0.5) is 5.69 Å². The van der Waals surface area contributed by atoms with Crippen LogP contribution in [-0.2, 0) is 0 Å². The average molecular weight is 361 g/mol. The summed E-state index contributed by atoms with van der Waals surface area (Å²) < 4.78 is 0. The summed E-state index contributed by atoms with van der Waals surface area (Å²) in [6, 6.07) is 12.8. The molecule has 0 spiro atoms. The molecule has 0 aliphatic carbocycles. The second-order valence-electron chi connectivity index (χ2n) is 7.41. The zero-order valence-corrected chi connectivity index (χ0v) is 16.4. The van der Waals surface area contributed by atoms with Gasteiger partial charge in [0.2, 0.25) is 0 Å². The Morgan fingerprint density at radius 3 is 2.59 bits per heavy atom. The van der Waals surface area contributed by atoms with Crippen molar-refractivity contribution in [1.82, 2.24) is 14.9 Å². The molecule has 4 heteroatoms. The molecule has 0 bridgehead atoms. The van der Waals surface area contributed by atoms with E-state index in [4.69, 9.17) is 0 Å². The molecule has 27 heavy (non-hydrogen) atoms. The number of hydrogen-bond acceptors (Lipinski definition) is 4. The Hall–Kier alpha value is -2.46. The smallest absolute Gasteiger partial charge is 0.0964 e. The summed E-state index contributed by atoms with van der Waals surface area (Å²) in [6.07, 6.45) is 6.30. The second kappa shape index (κ2) is 8.05. The minimum Gasteiger partial charge on any atom is -0.369 e. The molecule has 140 valence electrons. The maximum atomic E-state index is 4.55. The van der Waals surface area contributed by atoms with Gasteiger partial charge >= 0.3 is 0 Å². The maximum absolute atomic E-state index is 4.55. The van der Waals surface area contributed by atoms with E-state index >= 15 is 0 Å². The molecule has 1 fully saturated rings. The first-order valence-corrected chi connectivity index (χ1v) is 10.0. The van der Waals surface area contributed by atoms with E-state index in [-0.39, 0.29) is 0 Å². The minimum atomic E-state index is 0.944. The average Bonchev–Trinajstić information content (AvgIpc) is 2.72. The molecule has 0 unspecified atom stereocenters. The highest BCUT2D eigenvalue weighted by molar-refractivity contribution is 5.91. The monoisotopic (exact) mass is 360 g/mol. The van der Waals surface area contributed by atoms with E-state index in [1.807, 2.05) is 24.5 Å². The summed E-state index contributed by atoms with van der Waals surface area (Å²) in [4.78, 5) is 14.1. The predicted molar refractivity (Wildman–Crippen MR) is 113 cm³/mol. The molecule has 3 heterocycles. The zero-order valence-electron chi connectivity index (χ0n) is 16.4. The van der Waals surface area contributed by atoms with Gasteiger partial charge in [0, 0.05) is 49.8 Å². The van der Waals surface area contributed by atoms with Crippen molar-refractivity contribution in [3.63, 3.8) is 0 Å². The Labute approximate surface area is 161 Å². The predicted octanol–water partition coefficient (Wildman–Crippen LogP) is 4.53. The summed E-state index contributed by atoms with van der Waals surface area (Å²) in [5.41, 5.74) is 6.97. The van der Waals surface area contributed by atoms with E-state index in [1.54, 1.807) is 0 Å². The number of nitrogens with zero attached hydrogens (tertiary/aromatic N) is 4. The Balaban J connectivity index is 1.55. The van der Waals surface area contributed by atoms with Gasteiger partial charge in [0.25, 0.3) is 0 Å². The number of fused-ring (bicyclic) bond motifs is 1. The van der Waals surface area contributed by atoms with E-state index in [0.717, 1.165) is 29.7 Å². The van der Waals surface area contributed by atoms with Gasteiger partial charge in [0.05, 0.1) is 11.0 Å². The number of anilines is 1. The number of piperazine rings is 1. The molecule has 3 aromatic rings. The van der Waals surface area contributed by atoms with Gasteiger partial charge in [-0.05, 0) is 61.3 Å². The third kappa shape index (κ3) is 3.81. The van der Waals surface area contributed by atoms with E-state index < -0.39 is 0 Å². The topological polar surface area (TPSA) is 32.3 Å². The molecule has 1 aliphatic heterocycles. The van der Waals surface area contributed by atoms with Gasteiger partial charge in [-0.15, -0.1) is 0 Å². The molecule has 1 aliphatic rings. The van der Waals surface area contributed by atoms with Crippen LogP contribution in [0.25, 0.3) is 22.2 Å². The lowest BCUT2D eigenvalue weighted by molar-refractivity contribution is 0.254. The molecule has 1 aromatic carbocycles. The Morgan fingerprint density at radius 1 is 0.963 bits per heavy atom. The van der Waals surface area contributed by atoms with Crippen LogP contribution in [0.5, 0.6) is 0 Å². The first kappa shape index (κ1) is 17.9. The van der Waals surface area contributed by atoms with Gasteiger partial charge in [0.15, 0.2) is 0 Å². The second-order valence-corrected chi connectivity index (χ2v) is 7.41. The van der Waals surface area contributed by atoms with Crippen molar-refractivity contribution >= 4 is 16.7 Å². The number of rotatable bonds is 5. The third-order valence-electron chi connectivity index (χ3n) is 5.55. The molecule has 0 radical (unpaired) electrons. The SMILES string of the molecule is CCCCN1CCN(c2ccc(-c3ccnc4cccnc34)cc2C)CC1. The van der Waals surface area contributed by atoms with Crippen LogP contribution >= 0.6 is 0 Å². The van der Waals surface area contributed by atoms with Crippen molar-refractivity contribution in [1.29, 1.82) is 0 Å². The van der Waals surface area contributed by atoms with Crippen molar-refractivity contribution in [2.24, 2.45) is 0 Å². The van der Waals surface area contributed by atoms with Gasteiger partial charge in [0.1, 0.15) is 0 Å². The van der Waals surface area contributed by atoms with Crippen LogP contribution in [0.2, 0.25) is 0 Å². The maximum Gasteiger partial charge on any atom is 0.0964 e. The summed E-state index contributed by atoms with van der Waals surface area (Å²) >= 11 is 0. The number of pyridine rings is 2. The van der Waals surface area contributed by atoms with Crippen LogP contribution in [-0.4, -0.2) is 47.6 Å². The van der Waals surface area contributed by atoms with Gasteiger partial charge < -0.3 is 4.90 Å². The van der Waals surface area contributed by atoms with Crippen molar-refractivity contribution in [3.05, 3.63) is 54.4 Å². The summed E-state index contributed by atoms with van der Waals surface area (Å²) in [5, 5.41) is 0. The van der Waals surface area contributed by atoms with Crippen LogP contribution in [0.3, 0.4) is 0 Å². The molecule has 2 aromatic heterocycles. The van der Waals surface area contributed by atoms with Crippen molar-refractivity contribution in [3.8, 4) is 11.1 Å². The molecule has 0 saturated carbocycles. The highest BCUT2D eigenvalue weighted by atomic mass is 15.3. The first-order valence-electron chi connectivity index (χ1n) is 10.0. The van der Waals surface area contributed by atoms with Gasteiger partial charge in [-0.2, -0.15) is 0 Å². The lowest BCUT2D eigenvalue weighted by Crippen LogP contribution is -2.46. The molecule has 1 saturated heterocycles. The molecule has 4 nitrogen and oxygen atoms in total. The lowest BCUT2D eigenvalue weighted by Gasteiger charge is -2.37. The number of hydrogen-bond donors (Lipinski definition) is 0. The number of unbranched alkanes of at least 4 members (excludes halogenated alkanes) is 1. The first-order chi connectivity index (χ1) is 13.3. The normalized spacial score (nSPS) is 15.4. The molecule has 0 atom stereocenters. The van der Waals surface area contributed by atoms with Crippen molar-refractivity contribution < 1.29 is 0 Å². The molecular weight excluding hydrogens is 332 g/mol. The quantitative estimate of drug-likeness (QED) is 0.669. The number of benzene rings is 1. The third-order valence-corrected chi connectivity index (χ3v) is 5.55. The zero-order chi connectivity index (χ0) is 18.6. The standard InChI is InChI=1S/C23H28N4/c1-3-4-12-26-13-15-27(16-14-26)22-8-7-19(17-18(22)2)20-9-11-24-21-6-5-10-25-23(20)21/h5-11,17H,3-4,12-16H2,1-2H3. The van der Waals surface area contributed by atoms with E-state index in [0.29, 0.717) is 0 Å². The van der Waals surface area contributed by atoms with Crippen LogP contribution in [0.15, 0.2) is 48.8 Å². The molecular formula is C23H28N4. The lowest BCUT2D eigenvalue weighted by atomic mass is 10.0. The fraction of sp³-hybridized carbons (Fsp3) is 0.391. The molecule has 0 amide bonds. The number of aromatic nitrogens is 2. The number of aryl methyl sites for hydroxylation is 1. The van der Waals surface area contributed by atoms with Gasteiger partial charge in [-0.1, -0.05) is 19.4 Å². The fourth-order valence-electron chi connectivity index (χ4n) is 3.98. The van der Waals surface area contributed by atoms with Crippen LogP contribution < -0.4 is 4.90 Å². The Morgan fingerprint density at radius 2 is 1.81 bits per heavy atom. The molecule has 0 N–H and O–H groups in total. The highest BCUT2D eigenvalue weighted by Crippen LogP contribution is 2.30. The Bertz CT molecular complexity index is 908. The van der Waals surface area contributed by atoms with Gasteiger partial charge in [-0.25, -0.2) is 0 Å². The summed E-state index contributed by atoms with van der Waals surface area (Å²) in [7, 11) is 0. The van der Waals surface area contributed by atoms with Crippen molar-refractivity contribution in [2.45, 2.75) is 26.7 Å².